The van der Waals surface area contributed by atoms with Crippen LogP contribution in [0.4, 0.5) is 10.1 Å². The van der Waals surface area contributed by atoms with Crippen LogP contribution in [-0.2, 0) is 11.3 Å². The normalized spacial score (nSPS) is 12.7. The molecule has 1 heterocycles. The molecule has 8 nitrogen and oxygen atoms in total. The summed E-state index contributed by atoms with van der Waals surface area (Å²) in [6.07, 6.45) is -1.73. The summed E-state index contributed by atoms with van der Waals surface area (Å²) in [5, 5.41) is 27.5. The lowest BCUT2D eigenvalue weighted by atomic mass is 9.94. The average Bonchev–Trinajstić information content (AvgIpc) is 3.36. The summed E-state index contributed by atoms with van der Waals surface area (Å²) >= 11 is 0. The largest absolute Gasteiger partial charge is 0.393 e. The van der Waals surface area contributed by atoms with Gasteiger partial charge in [0, 0.05) is 36.6 Å². The molecule has 0 bridgehead atoms. The Morgan fingerprint density at radius 1 is 0.870 bits per heavy atom. The van der Waals surface area contributed by atoms with Gasteiger partial charge >= 0.3 is 0 Å². The lowest BCUT2D eigenvalue weighted by Crippen LogP contribution is -2.34. The molecular weight excluding hydrogens is 583 g/mol. The van der Waals surface area contributed by atoms with Crippen LogP contribution in [0.2, 0.25) is 0 Å². The van der Waals surface area contributed by atoms with E-state index in [4.69, 9.17) is 0 Å². The fraction of sp³-hybridized carbons (Fsp3) is 0.351. The number of likely N-dealkylation sites (N-methyl/N-ethyl adjacent to an activating group) is 1. The fourth-order valence-corrected chi connectivity index (χ4v) is 5.71. The number of carbonyl (C=O) groups excluding carboxylic acids is 2. The van der Waals surface area contributed by atoms with Gasteiger partial charge in [-0.2, -0.15) is 0 Å². The lowest BCUT2D eigenvalue weighted by molar-refractivity contribution is -0.123. The highest BCUT2D eigenvalue weighted by atomic mass is 19.1. The number of amides is 2. The maximum absolute atomic E-state index is 14.2. The van der Waals surface area contributed by atoms with Crippen molar-refractivity contribution in [2.75, 3.05) is 32.5 Å². The quantitative estimate of drug-likeness (QED) is 0.131. The first-order valence-electron chi connectivity index (χ1n) is 15.8. The minimum Gasteiger partial charge on any atom is -0.393 e. The van der Waals surface area contributed by atoms with Crippen LogP contribution in [0, 0.1) is 5.82 Å². The van der Waals surface area contributed by atoms with E-state index in [-0.39, 0.29) is 42.8 Å². The number of anilines is 1. The second kappa shape index (κ2) is 16.3. The summed E-state index contributed by atoms with van der Waals surface area (Å²) in [7, 11) is 3.82. The van der Waals surface area contributed by atoms with Gasteiger partial charge in [0.25, 0.3) is 5.91 Å². The predicted molar refractivity (Wildman–Crippen MR) is 181 cm³/mol. The number of halogens is 1. The number of aromatic nitrogens is 1. The molecule has 0 fully saturated rings. The topological polar surface area (TPSA) is 107 Å². The smallest absolute Gasteiger partial charge is 0.258 e. The number of carbonyl (C=O) groups is 2. The molecule has 0 radical (unpaired) electrons. The van der Waals surface area contributed by atoms with E-state index >= 15 is 0 Å². The maximum Gasteiger partial charge on any atom is 0.258 e. The van der Waals surface area contributed by atoms with Gasteiger partial charge < -0.3 is 30.3 Å². The Balaban J connectivity index is 1.72. The van der Waals surface area contributed by atoms with Crippen LogP contribution in [-0.4, -0.2) is 70.9 Å². The van der Waals surface area contributed by atoms with E-state index in [0.29, 0.717) is 36.4 Å². The molecule has 0 saturated heterocycles. The predicted octanol–water partition coefficient (Wildman–Crippen LogP) is 5.91. The molecule has 4 aromatic rings. The summed E-state index contributed by atoms with van der Waals surface area (Å²) in [5.74, 6) is -1.01. The Morgan fingerprint density at radius 2 is 1.50 bits per heavy atom. The number of hydrogen-bond donors (Lipinski definition) is 4. The van der Waals surface area contributed by atoms with Crippen LogP contribution in [0.25, 0.3) is 22.4 Å². The minimum atomic E-state index is -1.01. The second-order valence-corrected chi connectivity index (χ2v) is 12.2. The molecule has 0 unspecified atom stereocenters. The zero-order valence-corrected chi connectivity index (χ0v) is 27.0. The highest BCUT2D eigenvalue weighted by Crippen LogP contribution is 2.42. The number of para-hydroxylation sites is 1. The third kappa shape index (κ3) is 9.13. The molecule has 2 atom stereocenters. The van der Waals surface area contributed by atoms with E-state index in [1.165, 1.54) is 12.1 Å². The van der Waals surface area contributed by atoms with Crippen LogP contribution in [0.5, 0.6) is 0 Å². The number of rotatable bonds is 15. The highest BCUT2D eigenvalue weighted by molar-refractivity contribution is 6.12. The molecule has 244 valence electrons. The molecule has 3 aromatic carbocycles. The lowest BCUT2D eigenvalue weighted by Gasteiger charge is -2.20. The molecular formula is C37H45FN4O4. The van der Waals surface area contributed by atoms with Gasteiger partial charge in [-0.3, -0.25) is 9.59 Å². The Bertz CT molecular complexity index is 1570. The van der Waals surface area contributed by atoms with Crippen LogP contribution < -0.4 is 10.6 Å². The van der Waals surface area contributed by atoms with Crippen molar-refractivity contribution in [2.24, 2.45) is 0 Å². The first-order chi connectivity index (χ1) is 22.0. The van der Waals surface area contributed by atoms with Crippen molar-refractivity contribution in [3.05, 3.63) is 102 Å². The summed E-state index contributed by atoms with van der Waals surface area (Å²) in [4.78, 5) is 28.4. The maximum atomic E-state index is 14.2. The number of aliphatic hydroxyl groups is 2. The van der Waals surface area contributed by atoms with E-state index in [2.05, 4.69) is 10.6 Å². The second-order valence-electron chi connectivity index (χ2n) is 12.2. The van der Waals surface area contributed by atoms with E-state index < -0.39 is 12.2 Å². The van der Waals surface area contributed by atoms with Gasteiger partial charge in [-0.25, -0.2) is 4.39 Å². The molecule has 1 aromatic heterocycles. The zero-order valence-electron chi connectivity index (χ0n) is 27.0. The molecule has 4 rings (SSSR count). The van der Waals surface area contributed by atoms with Crippen LogP contribution >= 0.6 is 0 Å². The Labute approximate surface area is 270 Å². The number of nitrogens with zero attached hydrogens (tertiary/aromatic N) is 2. The molecule has 0 aliphatic carbocycles. The number of aliphatic hydroxyl groups excluding tert-OH is 2. The number of benzene rings is 3. The van der Waals surface area contributed by atoms with Crippen LogP contribution in [0.15, 0.2) is 84.9 Å². The van der Waals surface area contributed by atoms with Crippen molar-refractivity contribution in [1.82, 2.24) is 14.8 Å². The molecule has 2 amide bonds. The monoisotopic (exact) mass is 628 g/mol. The van der Waals surface area contributed by atoms with Crippen molar-refractivity contribution in [3.63, 3.8) is 0 Å². The SMILES string of the molecule is CC(C)c1c(C(=O)Nc2ccccc2)c(-c2ccccc2)c(-c2ccc(F)cc2)n1CC[C@@H](O)C[C@@H](O)CC(=O)NCCN(C)C. The fourth-order valence-electron chi connectivity index (χ4n) is 5.71. The first-order valence-corrected chi connectivity index (χ1v) is 15.8. The van der Waals surface area contributed by atoms with Crippen LogP contribution in [0.3, 0.4) is 0 Å². The summed E-state index contributed by atoms with van der Waals surface area (Å²) in [6, 6.07) is 25.1. The van der Waals surface area contributed by atoms with Gasteiger partial charge in [0.15, 0.2) is 0 Å². The third-order valence-corrected chi connectivity index (χ3v) is 7.82. The molecule has 0 saturated carbocycles. The zero-order chi connectivity index (χ0) is 33.2. The molecule has 4 N–H and O–H groups in total. The van der Waals surface area contributed by atoms with Crippen molar-refractivity contribution < 1.29 is 24.2 Å². The standard InChI is InChI=1S/C37H45FN4O4/c1-25(2)35-34(37(46)40-29-13-9-6-10-14-29)33(26-11-7-5-8-12-26)36(27-15-17-28(38)18-16-27)42(35)21-19-30(43)23-31(44)24-32(45)39-20-22-41(3)4/h5-18,25,30-31,43-44H,19-24H2,1-4H3,(H,39,45)(H,40,46)/t30-,31-/m1/s1. The first kappa shape index (κ1) is 34.6. The van der Waals surface area contributed by atoms with Crippen molar-refractivity contribution >= 4 is 17.5 Å². The highest BCUT2D eigenvalue weighted by Gasteiger charge is 2.31. The van der Waals surface area contributed by atoms with Gasteiger partial charge in [-0.1, -0.05) is 62.4 Å². The van der Waals surface area contributed by atoms with Gasteiger partial charge in [-0.15, -0.1) is 0 Å². The summed E-state index contributed by atoms with van der Waals surface area (Å²) < 4.78 is 16.2. The third-order valence-electron chi connectivity index (χ3n) is 7.82. The van der Waals surface area contributed by atoms with E-state index in [1.54, 1.807) is 12.1 Å². The van der Waals surface area contributed by atoms with E-state index in [9.17, 15) is 24.2 Å². The van der Waals surface area contributed by atoms with Gasteiger partial charge in [0.1, 0.15) is 5.82 Å². The summed E-state index contributed by atoms with van der Waals surface area (Å²) in [6.45, 7) is 5.52. The average molecular weight is 629 g/mol. The summed E-state index contributed by atoms with van der Waals surface area (Å²) in [5.41, 5.74) is 4.96. The van der Waals surface area contributed by atoms with Gasteiger partial charge in [-0.05, 0) is 80.4 Å². The van der Waals surface area contributed by atoms with Gasteiger partial charge in [0.2, 0.25) is 5.91 Å². The van der Waals surface area contributed by atoms with Crippen molar-refractivity contribution in [1.29, 1.82) is 0 Å². The van der Waals surface area contributed by atoms with E-state index in [0.717, 1.165) is 22.5 Å². The van der Waals surface area contributed by atoms with Crippen molar-refractivity contribution in [3.8, 4) is 22.4 Å². The van der Waals surface area contributed by atoms with E-state index in [1.807, 2.05) is 98.1 Å². The molecule has 0 spiro atoms. The Hall–Kier alpha value is -4.31. The Morgan fingerprint density at radius 3 is 2.11 bits per heavy atom. The minimum absolute atomic E-state index is 0.0259. The molecule has 46 heavy (non-hydrogen) atoms. The van der Waals surface area contributed by atoms with Gasteiger partial charge in [0.05, 0.1) is 29.9 Å². The number of nitrogens with one attached hydrogen (secondary N) is 2. The van der Waals surface area contributed by atoms with Crippen molar-refractivity contribution in [2.45, 2.75) is 57.8 Å². The van der Waals surface area contributed by atoms with Crippen LogP contribution in [0.1, 0.15) is 55.1 Å². The molecule has 9 heteroatoms. The number of hydrogen-bond acceptors (Lipinski definition) is 5. The molecule has 0 aliphatic rings. The molecule has 0 aliphatic heterocycles. The Kier molecular flexibility index (Phi) is 12.3.